The molecule has 107 heavy (non-hydrogen) atoms. The summed E-state index contributed by atoms with van der Waals surface area (Å²) in [6.07, 6.45) is 74.9. The molecule has 19 heteroatoms. The van der Waals surface area contributed by atoms with Gasteiger partial charge in [0.1, 0.15) is 19.3 Å². The first-order valence-corrected chi connectivity index (χ1v) is 48.6. The number of carbonyl (C=O) groups excluding carboxylic acids is 4. The molecular formula is C88H172O17P2. The van der Waals surface area contributed by atoms with Crippen molar-refractivity contribution in [1.82, 2.24) is 0 Å². The van der Waals surface area contributed by atoms with Gasteiger partial charge in [0.25, 0.3) is 0 Å². The van der Waals surface area contributed by atoms with Crippen LogP contribution in [0, 0.1) is 5.92 Å². The summed E-state index contributed by atoms with van der Waals surface area (Å²) in [4.78, 5) is 73.4. The summed E-state index contributed by atoms with van der Waals surface area (Å²) in [5, 5.41) is 10.7. The number of hydrogen-bond donors (Lipinski definition) is 3. The van der Waals surface area contributed by atoms with Crippen LogP contribution in [0.5, 0.6) is 0 Å². The van der Waals surface area contributed by atoms with Crippen molar-refractivity contribution in [2.45, 2.75) is 496 Å². The van der Waals surface area contributed by atoms with E-state index in [-0.39, 0.29) is 25.7 Å². The van der Waals surface area contributed by atoms with Gasteiger partial charge in [0.2, 0.25) is 0 Å². The van der Waals surface area contributed by atoms with E-state index in [2.05, 4.69) is 34.6 Å². The molecule has 0 aliphatic rings. The number of carbonyl (C=O) groups is 4. The van der Waals surface area contributed by atoms with Crippen molar-refractivity contribution in [3.8, 4) is 0 Å². The standard InChI is InChI=1S/C88H172O17P2/c1-6-9-12-15-18-21-24-27-29-31-33-35-37-43-48-53-58-63-68-73-87(92)104-84(78-99-86(91)72-67-62-57-52-47-42-36-34-32-30-28-25-22-19-16-13-10-7-2)80-103-107(96,97)101-76-82(89)75-100-106(94,95)102-79-83(77-98-85(90)71-66-61-56-51-46-40-26-23-20-17-14-11-8-3)105-88(93)74-69-64-59-54-49-44-39-38-41-45-50-55-60-65-70-81(4)5/h81-84,89H,6-80H2,1-5H3,(H,94,95)(H,96,97)/t82-,83+,84+/m0/s1. The van der Waals surface area contributed by atoms with Gasteiger partial charge in [-0.05, 0) is 31.6 Å². The number of aliphatic hydroxyl groups is 1. The first-order chi connectivity index (χ1) is 52.0. The van der Waals surface area contributed by atoms with Crippen molar-refractivity contribution in [3.63, 3.8) is 0 Å². The predicted octanol–water partition coefficient (Wildman–Crippen LogP) is 27.2. The fraction of sp³-hybridized carbons (Fsp3) is 0.955. The van der Waals surface area contributed by atoms with Crippen molar-refractivity contribution in [2.24, 2.45) is 5.92 Å². The van der Waals surface area contributed by atoms with Crippen LogP contribution in [0.1, 0.15) is 478 Å². The Morgan fingerprint density at radius 3 is 0.636 bits per heavy atom. The molecule has 0 fully saturated rings. The zero-order valence-electron chi connectivity index (χ0n) is 70.3. The molecule has 0 saturated heterocycles. The van der Waals surface area contributed by atoms with Crippen molar-refractivity contribution >= 4 is 39.5 Å². The number of hydrogen-bond acceptors (Lipinski definition) is 15. The average molecular weight is 1560 g/mol. The number of ether oxygens (including phenoxy) is 4. The maximum atomic E-state index is 13.2. The molecule has 0 aliphatic carbocycles. The van der Waals surface area contributed by atoms with E-state index >= 15 is 0 Å². The maximum absolute atomic E-state index is 13.2. The number of aliphatic hydroxyl groups excluding tert-OH is 1. The zero-order valence-corrected chi connectivity index (χ0v) is 72.1. The normalized spacial score (nSPS) is 13.7. The lowest BCUT2D eigenvalue weighted by molar-refractivity contribution is -0.161. The van der Waals surface area contributed by atoms with E-state index in [1.54, 1.807) is 0 Å². The molecule has 2 unspecified atom stereocenters. The molecule has 0 aromatic heterocycles. The molecule has 5 atom stereocenters. The summed E-state index contributed by atoms with van der Waals surface area (Å²) in [5.41, 5.74) is 0. The minimum Gasteiger partial charge on any atom is -0.462 e. The van der Waals surface area contributed by atoms with Crippen molar-refractivity contribution in [1.29, 1.82) is 0 Å². The largest absolute Gasteiger partial charge is 0.472 e. The molecule has 0 aromatic rings. The van der Waals surface area contributed by atoms with Gasteiger partial charge in [0, 0.05) is 25.7 Å². The van der Waals surface area contributed by atoms with Gasteiger partial charge in [-0.3, -0.25) is 37.3 Å². The highest BCUT2D eigenvalue weighted by Crippen LogP contribution is 2.45. The van der Waals surface area contributed by atoms with Crippen molar-refractivity contribution in [3.05, 3.63) is 0 Å². The Labute approximate surface area is 658 Å². The Morgan fingerprint density at radius 1 is 0.252 bits per heavy atom. The van der Waals surface area contributed by atoms with E-state index in [1.165, 1.54) is 302 Å². The summed E-state index contributed by atoms with van der Waals surface area (Å²) < 4.78 is 69.0. The smallest absolute Gasteiger partial charge is 0.462 e. The Morgan fingerprint density at radius 2 is 0.430 bits per heavy atom. The quantitative estimate of drug-likeness (QED) is 0.0222. The minimum absolute atomic E-state index is 0.109. The van der Waals surface area contributed by atoms with E-state index in [0.29, 0.717) is 25.7 Å². The molecule has 0 saturated carbocycles. The fourth-order valence-corrected chi connectivity index (χ4v) is 15.4. The highest BCUT2D eigenvalue weighted by molar-refractivity contribution is 7.47. The summed E-state index contributed by atoms with van der Waals surface area (Å²) in [5.74, 6) is -1.30. The van der Waals surface area contributed by atoms with Gasteiger partial charge in [0.15, 0.2) is 12.2 Å². The highest BCUT2D eigenvalue weighted by Gasteiger charge is 2.30. The molecule has 0 aromatic carbocycles. The molecule has 0 spiro atoms. The summed E-state index contributed by atoms with van der Waals surface area (Å²) in [7, 11) is -9.93. The third-order valence-electron chi connectivity index (χ3n) is 20.8. The van der Waals surface area contributed by atoms with Gasteiger partial charge in [-0.2, -0.15) is 0 Å². The molecule has 0 aliphatic heterocycles. The van der Waals surface area contributed by atoms with Crippen molar-refractivity contribution < 1.29 is 80.2 Å². The average Bonchev–Trinajstić information content (AvgIpc) is 0.903. The third kappa shape index (κ3) is 81.9. The number of unbranched alkanes of at least 4 members (excludes halogenated alkanes) is 60. The first-order valence-electron chi connectivity index (χ1n) is 45.6. The van der Waals surface area contributed by atoms with E-state index < -0.39 is 97.5 Å². The van der Waals surface area contributed by atoms with E-state index in [4.69, 9.17) is 37.0 Å². The van der Waals surface area contributed by atoms with Crippen LogP contribution >= 0.6 is 15.6 Å². The Bertz CT molecular complexity index is 2030. The van der Waals surface area contributed by atoms with Crippen LogP contribution in [0.3, 0.4) is 0 Å². The van der Waals surface area contributed by atoms with E-state index in [1.807, 2.05) is 0 Å². The second-order valence-corrected chi connectivity index (χ2v) is 35.0. The second-order valence-electron chi connectivity index (χ2n) is 32.1. The van der Waals surface area contributed by atoms with Gasteiger partial charge in [-0.25, -0.2) is 9.13 Å². The molecule has 0 bridgehead atoms. The SMILES string of the molecule is CCCCCCCCCCCCCCCCCCCCCC(=O)O[C@H](COC(=O)CCCCCCCCCCCCCCCCCCCC)COP(=O)(O)OC[C@@H](O)COP(=O)(O)OC[C@@H](COC(=O)CCCCCCCCCCCCCCC)OC(=O)CCCCCCCCCCCCCCCCC(C)C. The van der Waals surface area contributed by atoms with Crippen LogP contribution in [0.2, 0.25) is 0 Å². The molecule has 636 valence electrons. The van der Waals surface area contributed by atoms with Crippen LogP contribution in [-0.2, 0) is 65.4 Å². The maximum Gasteiger partial charge on any atom is 0.472 e. The molecule has 3 N–H and O–H groups in total. The Hall–Kier alpha value is -1.94. The molecule has 0 rings (SSSR count). The van der Waals surface area contributed by atoms with Crippen LogP contribution in [0.4, 0.5) is 0 Å². The van der Waals surface area contributed by atoms with Crippen LogP contribution < -0.4 is 0 Å². The summed E-state index contributed by atoms with van der Waals surface area (Å²) in [6.45, 7) is 7.41. The minimum atomic E-state index is -4.97. The summed E-state index contributed by atoms with van der Waals surface area (Å²) in [6, 6.07) is 0. The number of phosphoric ester groups is 2. The summed E-state index contributed by atoms with van der Waals surface area (Å²) >= 11 is 0. The van der Waals surface area contributed by atoms with E-state index in [0.717, 1.165) is 95.8 Å². The molecule has 0 amide bonds. The van der Waals surface area contributed by atoms with Crippen LogP contribution in [-0.4, -0.2) is 96.7 Å². The van der Waals surface area contributed by atoms with Crippen molar-refractivity contribution in [2.75, 3.05) is 39.6 Å². The number of esters is 4. The zero-order chi connectivity index (χ0) is 78.3. The third-order valence-corrected chi connectivity index (χ3v) is 22.7. The lowest BCUT2D eigenvalue weighted by Gasteiger charge is -2.21. The Kier molecular flexibility index (Phi) is 79.2. The lowest BCUT2D eigenvalue weighted by atomic mass is 10.0. The monoisotopic (exact) mass is 1560 g/mol. The van der Waals surface area contributed by atoms with E-state index in [9.17, 15) is 43.2 Å². The molecule has 0 heterocycles. The number of phosphoric acid groups is 2. The van der Waals surface area contributed by atoms with Gasteiger partial charge in [0.05, 0.1) is 26.4 Å². The Balaban J connectivity index is 5.26. The lowest BCUT2D eigenvalue weighted by Crippen LogP contribution is -2.30. The number of rotatable bonds is 88. The highest BCUT2D eigenvalue weighted by atomic mass is 31.2. The van der Waals surface area contributed by atoms with Crippen LogP contribution in [0.25, 0.3) is 0 Å². The predicted molar refractivity (Wildman–Crippen MR) is 442 cm³/mol. The molecule has 0 radical (unpaired) electrons. The fourth-order valence-electron chi connectivity index (χ4n) is 13.8. The van der Waals surface area contributed by atoms with Gasteiger partial charge in [-0.1, -0.05) is 426 Å². The topological polar surface area (TPSA) is 237 Å². The van der Waals surface area contributed by atoms with Crippen LogP contribution in [0.15, 0.2) is 0 Å². The molecular weight excluding hydrogens is 1390 g/mol. The second kappa shape index (κ2) is 80.7. The van der Waals surface area contributed by atoms with Gasteiger partial charge in [-0.15, -0.1) is 0 Å². The first kappa shape index (κ1) is 105. The van der Waals surface area contributed by atoms with Gasteiger partial charge < -0.3 is 33.8 Å². The van der Waals surface area contributed by atoms with Gasteiger partial charge >= 0.3 is 39.5 Å². The molecule has 17 nitrogen and oxygen atoms in total.